The van der Waals surface area contributed by atoms with Crippen LogP contribution < -0.4 is 30.9 Å². The average molecular weight is 493 g/mol. The van der Waals surface area contributed by atoms with E-state index in [0.717, 1.165) is 43.9 Å². The number of carbonyl (C=O) groups excluding carboxylic acids is 2. The Morgan fingerprint density at radius 3 is 2.80 bits per heavy atom. The van der Waals surface area contributed by atoms with Crippen molar-refractivity contribution < 1.29 is 14.3 Å². The highest BCUT2D eigenvalue weighted by molar-refractivity contribution is 8.04. The SMILES string of the molecule is Cc1nc(Oc2ccccc2)ccc1N1C(=O)NC2=C(C(=O)N[C@@H]3CCNC3)SC3NCCC1C23. The molecule has 4 aliphatic heterocycles. The summed E-state index contributed by atoms with van der Waals surface area (Å²) in [4.78, 5) is 33.6. The summed E-state index contributed by atoms with van der Waals surface area (Å²) in [5, 5.41) is 13.1. The molecule has 4 atom stereocenters. The number of nitrogens with zero attached hydrogens (tertiary/aromatic N) is 2. The molecule has 0 bridgehead atoms. The number of aryl methyl sites for hydroxylation is 1. The van der Waals surface area contributed by atoms with Gasteiger partial charge in [0.05, 0.1) is 27.7 Å². The number of rotatable bonds is 5. The van der Waals surface area contributed by atoms with Crippen LogP contribution in [0, 0.1) is 12.8 Å². The topological polar surface area (TPSA) is 108 Å². The Hall–Kier alpha value is -3.08. The first-order chi connectivity index (χ1) is 17.1. The number of para-hydroxylation sites is 1. The number of hydrogen-bond acceptors (Lipinski definition) is 7. The largest absolute Gasteiger partial charge is 0.439 e. The number of pyridine rings is 1. The molecule has 1 aromatic heterocycles. The standard InChI is InChI=1S/C25H28N6O3S/c1-14-17(7-8-19(28-14)34-16-5-3-2-4-6-16)31-18-10-12-27-24-20(18)21(30-25(31)33)22(35-24)23(32)29-15-9-11-26-13-15/h2-8,15,18,20,24,26-27H,9-13H2,1H3,(H,29,32)(H,30,33)/t15-,18?,20?,24?/m1/s1. The Bertz CT molecular complexity index is 1180. The van der Waals surface area contributed by atoms with E-state index in [1.165, 1.54) is 11.8 Å². The van der Waals surface area contributed by atoms with E-state index in [9.17, 15) is 9.59 Å². The van der Waals surface area contributed by atoms with Gasteiger partial charge in [-0.05, 0) is 51.1 Å². The van der Waals surface area contributed by atoms with Crippen molar-refractivity contribution in [2.24, 2.45) is 5.92 Å². The van der Waals surface area contributed by atoms with Crippen LogP contribution in [0.5, 0.6) is 11.6 Å². The summed E-state index contributed by atoms with van der Waals surface area (Å²) >= 11 is 1.53. The van der Waals surface area contributed by atoms with E-state index in [2.05, 4.69) is 26.3 Å². The van der Waals surface area contributed by atoms with Gasteiger partial charge in [-0.15, -0.1) is 0 Å². The van der Waals surface area contributed by atoms with E-state index in [0.29, 0.717) is 22.2 Å². The van der Waals surface area contributed by atoms with E-state index < -0.39 is 0 Å². The molecule has 0 spiro atoms. The van der Waals surface area contributed by atoms with E-state index in [1.54, 1.807) is 6.07 Å². The van der Waals surface area contributed by atoms with Crippen molar-refractivity contribution >= 4 is 29.4 Å². The maximum atomic E-state index is 13.4. The van der Waals surface area contributed by atoms with E-state index >= 15 is 0 Å². The second-order valence-corrected chi connectivity index (χ2v) is 10.4. The number of ether oxygens (including phenoxy) is 1. The van der Waals surface area contributed by atoms with Gasteiger partial charge in [-0.25, -0.2) is 9.78 Å². The number of carbonyl (C=O) groups is 2. The molecule has 2 aromatic rings. The van der Waals surface area contributed by atoms with Crippen LogP contribution in [0.2, 0.25) is 0 Å². The zero-order valence-corrected chi connectivity index (χ0v) is 20.2. The molecule has 3 unspecified atom stereocenters. The van der Waals surface area contributed by atoms with Crippen LogP contribution in [-0.4, -0.2) is 54.0 Å². The summed E-state index contributed by atoms with van der Waals surface area (Å²) in [6, 6.07) is 13.0. The molecule has 6 rings (SSSR count). The molecule has 9 nitrogen and oxygen atoms in total. The van der Waals surface area contributed by atoms with Crippen molar-refractivity contribution in [3.8, 4) is 11.6 Å². The number of piperidine rings is 1. The number of nitrogens with one attached hydrogen (secondary N) is 4. The third-order valence-corrected chi connectivity index (χ3v) is 8.36. The molecular formula is C25H28N6O3S. The highest BCUT2D eigenvalue weighted by Crippen LogP contribution is 2.48. The van der Waals surface area contributed by atoms with Gasteiger partial charge in [0.2, 0.25) is 5.88 Å². The zero-order chi connectivity index (χ0) is 23.9. The second kappa shape index (κ2) is 9.18. The van der Waals surface area contributed by atoms with Gasteiger partial charge < -0.3 is 26.0 Å². The summed E-state index contributed by atoms with van der Waals surface area (Å²) in [6.45, 7) is 4.36. The summed E-state index contributed by atoms with van der Waals surface area (Å²) in [6.07, 6.45) is 1.71. The first-order valence-electron chi connectivity index (χ1n) is 12.0. The molecular weight excluding hydrogens is 464 g/mol. The summed E-state index contributed by atoms with van der Waals surface area (Å²) in [5.41, 5.74) is 2.22. The number of amides is 3. The molecule has 3 saturated heterocycles. The Kier molecular flexibility index (Phi) is 5.87. The maximum absolute atomic E-state index is 13.4. The lowest BCUT2D eigenvalue weighted by Gasteiger charge is -2.46. The van der Waals surface area contributed by atoms with E-state index in [-0.39, 0.29) is 35.3 Å². The predicted molar refractivity (Wildman–Crippen MR) is 134 cm³/mol. The van der Waals surface area contributed by atoms with Gasteiger partial charge in [-0.2, -0.15) is 0 Å². The molecule has 35 heavy (non-hydrogen) atoms. The molecule has 4 N–H and O–H groups in total. The van der Waals surface area contributed by atoms with E-state index in [4.69, 9.17) is 4.74 Å². The first kappa shape index (κ1) is 22.4. The second-order valence-electron chi connectivity index (χ2n) is 9.25. The minimum Gasteiger partial charge on any atom is -0.439 e. The molecule has 0 aliphatic carbocycles. The number of urea groups is 1. The normalized spacial score (nSPS) is 27.5. The Morgan fingerprint density at radius 1 is 1.17 bits per heavy atom. The monoisotopic (exact) mass is 492 g/mol. The molecule has 0 saturated carbocycles. The smallest absolute Gasteiger partial charge is 0.326 e. The van der Waals surface area contributed by atoms with Crippen molar-refractivity contribution in [1.82, 2.24) is 26.3 Å². The van der Waals surface area contributed by atoms with Gasteiger partial charge in [-0.1, -0.05) is 30.0 Å². The lowest BCUT2D eigenvalue weighted by molar-refractivity contribution is -0.117. The molecule has 5 heterocycles. The number of aromatic nitrogens is 1. The number of thioether (sulfide) groups is 1. The zero-order valence-electron chi connectivity index (χ0n) is 19.4. The predicted octanol–water partition coefficient (Wildman–Crippen LogP) is 2.45. The van der Waals surface area contributed by atoms with Crippen molar-refractivity contribution in [3.63, 3.8) is 0 Å². The quantitative estimate of drug-likeness (QED) is 0.508. The Balaban J connectivity index is 1.27. The fraction of sp³-hybridized carbons (Fsp3) is 0.400. The van der Waals surface area contributed by atoms with Gasteiger partial charge >= 0.3 is 6.03 Å². The van der Waals surface area contributed by atoms with Crippen LogP contribution in [0.3, 0.4) is 0 Å². The van der Waals surface area contributed by atoms with Gasteiger partial charge in [0.25, 0.3) is 5.91 Å². The molecule has 3 amide bonds. The summed E-state index contributed by atoms with van der Waals surface area (Å²) in [7, 11) is 0. The first-order valence-corrected chi connectivity index (χ1v) is 12.9. The molecule has 10 heteroatoms. The van der Waals surface area contributed by atoms with Crippen molar-refractivity contribution in [3.05, 3.63) is 58.8 Å². The van der Waals surface area contributed by atoms with Gasteiger partial charge in [0.1, 0.15) is 5.75 Å². The molecule has 0 radical (unpaired) electrons. The Morgan fingerprint density at radius 2 is 2.03 bits per heavy atom. The third kappa shape index (κ3) is 4.15. The lowest BCUT2D eigenvalue weighted by atomic mass is 9.86. The van der Waals surface area contributed by atoms with Crippen LogP contribution in [-0.2, 0) is 4.79 Å². The summed E-state index contributed by atoms with van der Waals surface area (Å²) in [5.74, 6) is 1.10. The fourth-order valence-electron chi connectivity index (χ4n) is 5.38. The van der Waals surface area contributed by atoms with Crippen LogP contribution >= 0.6 is 11.8 Å². The Labute approximate surface area is 208 Å². The molecule has 3 fully saturated rings. The third-order valence-electron chi connectivity index (χ3n) is 7.00. The minimum absolute atomic E-state index is 0.00792. The number of hydrogen-bond donors (Lipinski definition) is 4. The van der Waals surface area contributed by atoms with Crippen molar-refractivity contribution in [2.45, 2.75) is 37.2 Å². The van der Waals surface area contributed by atoms with E-state index in [1.807, 2.05) is 48.2 Å². The highest BCUT2D eigenvalue weighted by Gasteiger charge is 2.52. The minimum atomic E-state index is -0.223. The van der Waals surface area contributed by atoms with Crippen molar-refractivity contribution in [1.29, 1.82) is 0 Å². The van der Waals surface area contributed by atoms with Gasteiger partial charge in [0, 0.05) is 30.3 Å². The fourth-order valence-corrected chi connectivity index (χ4v) is 6.78. The number of anilines is 1. The summed E-state index contributed by atoms with van der Waals surface area (Å²) < 4.78 is 5.87. The van der Waals surface area contributed by atoms with Gasteiger partial charge in [0.15, 0.2) is 0 Å². The van der Waals surface area contributed by atoms with Crippen LogP contribution in [0.25, 0.3) is 0 Å². The molecule has 182 valence electrons. The van der Waals surface area contributed by atoms with Crippen LogP contribution in [0.1, 0.15) is 18.5 Å². The van der Waals surface area contributed by atoms with Crippen LogP contribution in [0.4, 0.5) is 10.5 Å². The van der Waals surface area contributed by atoms with Gasteiger partial charge in [-0.3, -0.25) is 9.69 Å². The average Bonchev–Trinajstić information content (AvgIpc) is 3.50. The maximum Gasteiger partial charge on any atom is 0.326 e. The lowest BCUT2D eigenvalue weighted by Crippen LogP contribution is -2.62. The molecule has 1 aromatic carbocycles. The molecule has 4 aliphatic rings. The van der Waals surface area contributed by atoms with Crippen LogP contribution in [0.15, 0.2) is 53.1 Å². The number of benzene rings is 1. The highest BCUT2D eigenvalue weighted by atomic mass is 32.2. The van der Waals surface area contributed by atoms with Crippen molar-refractivity contribution in [2.75, 3.05) is 24.5 Å².